The lowest BCUT2D eigenvalue weighted by molar-refractivity contribution is 0.586. The van der Waals surface area contributed by atoms with E-state index in [-0.39, 0.29) is 0 Å². The van der Waals surface area contributed by atoms with Crippen LogP contribution in [0.2, 0.25) is 0 Å². The largest absolute Gasteiger partial charge is 0.372 e. The highest BCUT2D eigenvalue weighted by molar-refractivity contribution is 5.45. The van der Waals surface area contributed by atoms with E-state index in [2.05, 4.69) is 49.1 Å². The molecule has 84 valence electrons. The molecule has 1 atom stereocenters. The maximum Gasteiger partial charge on any atom is 0.0366 e. The number of para-hydroxylation sites is 1. The molecule has 15 heavy (non-hydrogen) atoms. The van der Waals surface area contributed by atoms with Crippen molar-refractivity contribution in [3.05, 3.63) is 30.3 Å². The average molecular weight is 206 g/mol. The summed E-state index contributed by atoms with van der Waals surface area (Å²) in [6.07, 6.45) is 2.13. The van der Waals surface area contributed by atoms with E-state index in [4.69, 9.17) is 5.73 Å². The van der Waals surface area contributed by atoms with E-state index >= 15 is 0 Å². The highest BCUT2D eigenvalue weighted by Crippen LogP contribution is 2.13. The third-order valence-corrected chi connectivity index (χ3v) is 2.80. The molecule has 0 saturated heterocycles. The molecule has 0 amide bonds. The third kappa shape index (κ3) is 3.92. The van der Waals surface area contributed by atoms with Crippen molar-refractivity contribution in [2.24, 2.45) is 5.73 Å². The van der Waals surface area contributed by atoms with Gasteiger partial charge in [0.25, 0.3) is 0 Å². The highest BCUT2D eigenvalue weighted by atomic mass is 15.1. The fourth-order valence-corrected chi connectivity index (χ4v) is 1.63. The monoisotopic (exact) mass is 206 g/mol. The Kier molecular flexibility index (Phi) is 5.19. The Labute approximate surface area is 93.1 Å². The zero-order valence-electron chi connectivity index (χ0n) is 9.82. The Balaban J connectivity index is 2.50. The molecule has 2 N–H and O–H groups in total. The first-order chi connectivity index (χ1) is 7.27. The van der Waals surface area contributed by atoms with Gasteiger partial charge in [0.2, 0.25) is 0 Å². The number of rotatable bonds is 6. The van der Waals surface area contributed by atoms with E-state index in [9.17, 15) is 0 Å². The summed E-state index contributed by atoms with van der Waals surface area (Å²) in [7, 11) is 0. The summed E-state index contributed by atoms with van der Waals surface area (Å²) in [5.74, 6) is 0. The average Bonchev–Trinajstić information content (AvgIpc) is 2.31. The lowest BCUT2D eigenvalue weighted by atomic mass is 10.1. The minimum atomic E-state index is 0.336. The topological polar surface area (TPSA) is 29.3 Å². The van der Waals surface area contributed by atoms with E-state index in [1.54, 1.807) is 0 Å². The van der Waals surface area contributed by atoms with Gasteiger partial charge in [0.05, 0.1) is 0 Å². The van der Waals surface area contributed by atoms with Crippen LogP contribution in [0.5, 0.6) is 0 Å². The molecule has 0 spiro atoms. The van der Waals surface area contributed by atoms with Crippen LogP contribution in [0.15, 0.2) is 30.3 Å². The van der Waals surface area contributed by atoms with Crippen LogP contribution in [-0.4, -0.2) is 19.1 Å². The SMILES string of the molecule is CCC(N)CCN(CC)c1ccccc1. The van der Waals surface area contributed by atoms with Crippen molar-refractivity contribution in [1.29, 1.82) is 0 Å². The molecule has 0 aromatic heterocycles. The molecule has 0 aliphatic carbocycles. The molecule has 0 radical (unpaired) electrons. The maximum absolute atomic E-state index is 5.93. The zero-order chi connectivity index (χ0) is 11.1. The summed E-state index contributed by atoms with van der Waals surface area (Å²) in [5, 5.41) is 0. The van der Waals surface area contributed by atoms with Crippen molar-refractivity contribution in [1.82, 2.24) is 0 Å². The lowest BCUT2D eigenvalue weighted by Gasteiger charge is -2.24. The van der Waals surface area contributed by atoms with Crippen LogP contribution in [0.3, 0.4) is 0 Å². The molecule has 1 aromatic carbocycles. The molecule has 1 aromatic rings. The van der Waals surface area contributed by atoms with Gasteiger partial charge in [-0.1, -0.05) is 25.1 Å². The van der Waals surface area contributed by atoms with Gasteiger partial charge in [-0.3, -0.25) is 0 Å². The lowest BCUT2D eigenvalue weighted by Crippen LogP contribution is -2.30. The van der Waals surface area contributed by atoms with Gasteiger partial charge in [0, 0.05) is 24.8 Å². The van der Waals surface area contributed by atoms with Crippen LogP contribution in [-0.2, 0) is 0 Å². The minimum Gasteiger partial charge on any atom is -0.372 e. The fourth-order valence-electron chi connectivity index (χ4n) is 1.63. The smallest absolute Gasteiger partial charge is 0.0366 e. The summed E-state index contributed by atoms with van der Waals surface area (Å²) >= 11 is 0. The van der Waals surface area contributed by atoms with Crippen LogP contribution >= 0.6 is 0 Å². The third-order valence-electron chi connectivity index (χ3n) is 2.80. The second-order valence-corrected chi connectivity index (χ2v) is 3.87. The summed E-state index contributed by atoms with van der Waals surface area (Å²) in [4.78, 5) is 2.37. The van der Waals surface area contributed by atoms with E-state index in [0.717, 1.165) is 25.9 Å². The van der Waals surface area contributed by atoms with Gasteiger partial charge in [0.1, 0.15) is 0 Å². The quantitative estimate of drug-likeness (QED) is 0.775. The Morgan fingerprint density at radius 2 is 1.87 bits per heavy atom. The van der Waals surface area contributed by atoms with Crippen molar-refractivity contribution in [3.63, 3.8) is 0 Å². The fraction of sp³-hybridized carbons (Fsp3) is 0.538. The number of nitrogens with zero attached hydrogens (tertiary/aromatic N) is 1. The number of anilines is 1. The van der Waals surface area contributed by atoms with Crippen LogP contribution < -0.4 is 10.6 Å². The number of hydrogen-bond acceptors (Lipinski definition) is 2. The van der Waals surface area contributed by atoms with Crippen LogP contribution in [0.25, 0.3) is 0 Å². The summed E-state index contributed by atoms with van der Waals surface area (Å²) in [5.41, 5.74) is 7.22. The number of hydrogen-bond donors (Lipinski definition) is 1. The first-order valence-electron chi connectivity index (χ1n) is 5.83. The predicted octanol–water partition coefficient (Wildman–Crippen LogP) is 2.64. The first-order valence-corrected chi connectivity index (χ1v) is 5.83. The van der Waals surface area contributed by atoms with Gasteiger partial charge in [0.15, 0.2) is 0 Å². The molecule has 1 rings (SSSR count). The standard InChI is InChI=1S/C13H22N2/c1-3-12(14)10-11-15(4-2)13-8-6-5-7-9-13/h5-9,12H,3-4,10-11,14H2,1-2H3. The van der Waals surface area contributed by atoms with Gasteiger partial charge in [-0.05, 0) is 31.9 Å². The molecular formula is C13H22N2. The second kappa shape index (κ2) is 6.46. The maximum atomic E-state index is 5.93. The Bertz CT molecular complexity index is 258. The second-order valence-electron chi connectivity index (χ2n) is 3.87. The Morgan fingerprint density at radius 3 is 2.40 bits per heavy atom. The molecule has 0 fully saturated rings. The van der Waals surface area contributed by atoms with Gasteiger partial charge >= 0.3 is 0 Å². The predicted molar refractivity (Wildman–Crippen MR) is 67.2 cm³/mol. The normalized spacial score (nSPS) is 12.5. The van der Waals surface area contributed by atoms with Gasteiger partial charge in [-0.2, -0.15) is 0 Å². The van der Waals surface area contributed by atoms with Crippen molar-refractivity contribution in [3.8, 4) is 0 Å². The number of benzene rings is 1. The molecule has 0 saturated carbocycles. The van der Waals surface area contributed by atoms with E-state index in [1.165, 1.54) is 5.69 Å². The molecule has 0 bridgehead atoms. The molecular weight excluding hydrogens is 184 g/mol. The summed E-state index contributed by atoms with van der Waals surface area (Å²) < 4.78 is 0. The molecule has 0 aliphatic rings. The zero-order valence-corrected chi connectivity index (χ0v) is 9.82. The molecule has 0 aliphatic heterocycles. The number of nitrogens with two attached hydrogens (primary N) is 1. The molecule has 2 nitrogen and oxygen atoms in total. The van der Waals surface area contributed by atoms with Gasteiger partial charge in [-0.25, -0.2) is 0 Å². The van der Waals surface area contributed by atoms with Crippen LogP contribution in [0, 0.1) is 0 Å². The summed E-state index contributed by atoms with van der Waals surface area (Å²) in [6, 6.07) is 10.9. The van der Waals surface area contributed by atoms with Crippen LogP contribution in [0.4, 0.5) is 5.69 Å². The first kappa shape index (κ1) is 12.1. The van der Waals surface area contributed by atoms with Gasteiger partial charge in [-0.15, -0.1) is 0 Å². The van der Waals surface area contributed by atoms with Crippen molar-refractivity contribution >= 4 is 5.69 Å². The molecule has 0 heterocycles. The highest BCUT2D eigenvalue weighted by Gasteiger charge is 2.05. The minimum absolute atomic E-state index is 0.336. The van der Waals surface area contributed by atoms with E-state index in [0.29, 0.717) is 6.04 Å². The van der Waals surface area contributed by atoms with E-state index in [1.807, 2.05) is 0 Å². The molecule has 2 heteroatoms. The van der Waals surface area contributed by atoms with Crippen molar-refractivity contribution < 1.29 is 0 Å². The van der Waals surface area contributed by atoms with Crippen LogP contribution in [0.1, 0.15) is 26.7 Å². The van der Waals surface area contributed by atoms with Crippen molar-refractivity contribution in [2.75, 3.05) is 18.0 Å². The van der Waals surface area contributed by atoms with E-state index < -0.39 is 0 Å². The van der Waals surface area contributed by atoms with Gasteiger partial charge < -0.3 is 10.6 Å². The summed E-state index contributed by atoms with van der Waals surface area (Å²) in [6.45, 7) is 6.42. The van der Waals surface area contributed by atoms with Crippen molar-refractivity contribution in [2.45, 2.75) is 32.7 Å². The molecule has 1 unspecified atom stereocenters. The Hall–Kier alpha value is -1.02. The Morgan fingerprint density at radius 1 is 1.20 bits per heavy atom.